The third-order valence-electron chi connectivity index (χ3n) is 3.04. The molecule has 0 radical (unpaired) electrons. The molecular weight excluding hydrogens is 278 g/mol. The maximum atomic E-state index is 11.9. The summed E-state index contributed by atoms with van der Waals surface area (Å²) in [6.07, 6.45) is 0. The van der Waals surface area contributed by atoms with Crippen molar-refractivity contribution in [1.82, 2.24) is 5.32 Å². The second-order valence-electron chi connectivity index (χ2n) is 5.40. The van der Waals surface area contributed by atoms with Crippen molar-refractivity contribution in [3.63, 3.8) is 0 Å². The monoisotopic (exact) mass is 299 g/mol. The van der Waals surface area contributed by atoms with Crippen molar-refractivity contribution in [1.29, 1.82) is 0 Å². The van der Waals surface area contributed by atoms with Gasteiger partial charge >= 0.3 is 0 Å². The highest BCUT2D eigenvalue weighted by atomic mass is 32.2. The summed E-state index contributed by atoms with van der Waals surface area (Å²) in [5, 5.41) is 2.93. The summed E-state index contributed by atoms with van der Waals surface area (Å²) in [4.78, 5) is 13.2. The lowest BCUT2D eigenvalue weighted by molar-refractivity contribution is 0.0949. The molecule has 0 spiro atoms. The second kappa shape index (κ2) is 7.89. The number of carbonyl (C=O) groups is 1. The third-order valence-corrected chi connectivity index (χ3v) is 4.12. The van der Waals surface area contributed by atoms with Gasteiger partial charge in [0.25, 0.3) is 5.91 Å². The molecule has 0 aliphatic heterocycles. The molecule has 0 aliphatic rings. The van der Waals surface area contributed by atoms with Gasteiger partial charge in [0, 0.05) is 22.8 Å². The molecule has 21 heavy (non-hydrogen) atoms. The third kappa shape index (κ3) is 5.27. The number of nitrogens with one attached hydrogen (secondary N) is 1. The first-order valence-electron chi connectivity index (χ1n) is 7.20. The molecular formula is C18H21NOS. The molecule has 0 unspecified atom stereocenters. The highest BCUT2D eigenvalue weighted by Gasteiger charge is 2.05. The molecule has 0 saturated carbocycles. The van der Waals surface area contributed by atoms with Crippen LogP contribution in [0.5, 0.6) is 0 Å². The largest absolute Gasteiger partial charge is 0.352 e. The van der Waals surface area contributed by atoms with Crippen LogP contribution in [0.4, 0.5) is 0 Å². The van der Waals surface area contributed by atoms with Crippen molar-refractivity contribution < 1.29 is 4.79 Å². The summed E-state index contributed by atoms with van der Waals surface area (Å²) >= 11 is 1.80. The summed E-state index contributed by atoms with van der Waals surface area (Å²) in [6, 6.07) is 18.2. The minimum Gasteiger partial charge on any atom is -0.352 e. The molecule has 0 aromatic heterocycles. The summed E-state index contributed by atoms with van der Waals surface area (Å²) < 4.78 is 0. The number of amides is 1. The van der Waals surface area contributed by atoms with Gasteiger partial charge in [-0.2, -0.15) is 0 Å². The fourth-order valence-electron chi connectivity index (χ4n) is 1.83. The van der Waals surface area contributed by atoms with Crippen LogP contribution in [0.2, 0.25) is 0 Å². The Morgan fingerprint density at radius 3 is 2.33 bits per heavy atom. The average molecular weight is 299 g/mol. The lowest BCUT2D eigenvalue weighted by Crippen LogP contribution is -2.27. The number of rotatable bonds is 6. The van der Waals surface area contributed by atoms with E-state index in [-0.39, 0.29) is 5.91 Å². The van der Waals surface area contributed by atoms with Crippen LogP contribution in [-0.4, -0.2) is 12.5 Å². The molecule has 0 atom stereocenters. The number of carbonyl (C=O) groups excluding carboxylic acids is 1. The molecule has 1 amide bonds. The Morgan fingerprint density at radius 2 is 1.71 bits per heavy atom. The number of thioether (sulfide) groups is 1. The van der Waals surface area contributed by atoms with Crippen LogP contribution in [-0.2, 0) is 5.75 Å². The highest BCUT2D eigenvalue weighted by Crippen LogP contribution is 2.22. The lowest BCUT2D eigenvalue weighted by atomic mass is 10.1. The zero-order valence-electron chi connectivity index (χ0n) is 12.5. The van der Waals surface area contributed by atoms with E-state index >= 15 is 0 Å². The Bertz CT molecular complexity index is 564. The fraction of sp³-hybridized carbons (Fsp3) is 0.278. The Kier molecular flexibility index (Phi) is 5.88. The van der Waals surface area contributed by atoms with Crippen LogP contribution in [0.1, 0.15) is 29.8 Å². The van der Waals surface area contributed by atoms with Gasteiger partial charge in [-0.25, -0.2) is 0 Å². The van der Waals surface area contributed by atoms with Crippen molar-refractivity contribution >= 4 is 17.7 Å². The number of benzene rings is 2. The summed E-state index contributed by atoms with van der Waals surface area (Å²) in [6.45, 7) is 4.89. The van der Waals surface area contributed by atoms with Crippen LogP contribution < -0.4 is 5.32 Å². The molecule has 0 fully saturated rings. The molecule has 2 aromatic carbocycles. The Morgan fingerprint density at radius 1 is 1.05 bits per heavy atom. The van der Waals surface area contributed by atoms with E-state index in [1.165, 1.54) is 10.5 Å². The smallest absolute Gasteiger partial charge is 0.251 e. The molecule has 0 heterocycles. The van der Waals surface area contributed by atoms with Gasteiger partial charge in [-0.05, 0) is 35.7 Å². The first-order chi connectivity index (χ1) is 10.1. The van der Waals surface area contributed by atoms with Gasteiger partial charge in [0.05, 0.1) is 0 Å². The molecule has 0 saturated heterocycles. The zero-order chi connectivity index (χ0) is 15.1. The zero-order valence-corrected chi connectivity index (χ0v) is 13.3. The first-order valence-corrected chi connectivity index (χ1v) is 8.18. The second-order valence-corrected chi connectivity index (χ2v) is 6.45. The van der Waals surface area contributed by atoms with Crippen LogP contribution in [0.25, 0.3) is 0 Å². The SMILES string of the molecule is CC(C)CNC(=O)c1ccc(CSc2ccccc2)cc1. The first kappa shape index (κ1) is 15.6. The minimum absolute atomic E-state index is 0.00552. The fourth-order valence-corrected chi connectivity index (χ4v) is 2.71. The Labute approximate surface area is 131 Å². The molecule has 0 bridgehead atoms. The topological polar surface area (TPSA) is 29.1 Å². The van der Waals surface area contributed by atoms with Gasteiger partial charge in [0.15, 0.2) is 0 Å². The van der Waals surface area contributed by atoms with E-state index in [1.54, 1.807) is 11.8 Å². The summed E-state index contributed by atoms with van der Waals surface area (Å²) in [7, 11) is 0. The molecule has 2 nitrogen and oxygen atoms in total. The number of hydrogen-bond acceptors (Lipinski definition) is 2. The summed E-state index contributed by atoms with van der Waals surface area (Å²) in [5.74, 6) is 1.39. The van der Waals surface area contributed by atoms with E-state index in [2.05, 4.69) is 31.3 Å². The summed E-state index contributed by atoms with van der Waals surface area (Å²) in [5.41, 5.74) is 1.95. The predicted molar refractivity (Wildman–Crippen MR) is 89.6 cm³/mol. The molecule has 2 rings (SSSR count). The predicted octanol–water partition coefficient (Wildman–Crippen LogP) is 4.36. The highest BCUT2D eigenvalue weighted by molar-refractivity contribution is 7.98. The molecule has 3 heteroatoms. The van der Waals surface area contributed by atoms with Gasteiger partial charge in [0.1, 0.15) is 0 Å². The van der Waals surface area contributed by atoms with Crippen LogP contribution >= 0.6 is 11.8 Å². The van der Waals surface area contributed by atoms with E-state index in [0.717, 1.165) is 11.3 Å². The van der Waals surface area contributed by atoms with E-state index in [1.807, 2.05) is 42.5 Å². The number of hydrogen-bond donors (Lipinski definition) is 1. The normalized spacial score (nSPS) is 10.6. The van der Waals surface area contributed by atoms with E-state index in [4.69, 9.17) is 0 Å². The van der Waals surface area contributed by atoms with Gasteiger partial charge in [-0.3, -0.25) is 4.79 Å². The molecule has 0 aliphatic carbocycles. The maximum absolute atomic E-state index is 11.9. The van der Waals surface area contributed by atoms with Crippen LogP contribution in [0.15, 0.2) is 59.5 Å². The minimum atomic E-state index is 0.00552. The average Bonchev–Trinajstić information content (AvgIpc) is 2.52. The van der Waals surface area contributed by atoms with Crippen molar-refractivity contribution in [2.45, 2.75) is 24.5 Å². The molecule has 110 valence electrons. The molecule has 1 N–H and O–H groups in total. The van der Waals surface area contributed by atoms with Crippen molar-refractivity contribution in [3.8, 4) is 0 Å². The van der Waals surface area contributed by atoms with Crippen molar-refractivity contribution in [2.24, 2.45) is 5.92 Å². The van der Waals surface area contributed by atoms with Gasteiger partial charge in [-0.1, -0.05) is 44.2 Å². The van der Waals surface area contributed by atoms with E-state index in [0.29, 0.717) is 12.5 Å². The Hall–Kier alpha value is -1.74. The Balaban J connectivity index is 1.88. The van der Waals surface area contributed by atoms with Crippen LogP contribution in [0, 0.1) is 5.92 Å². The van der Waals surface area contributed by atoms with Gasteiger partial charge in [0.2, 0.25) is 0 Å². The van der Waals surface area contributed by atoms with Crippen molar-refractivity contribution in [2.75, 3.05) is 6.54 Å². The van der Waals surface area contributed by atoms with Gasteiger partial charge < -0.3 is 5.32 Å². The quantitative estimate of drug-likeness (QED) is 0.803. The maximum Gasteiger partial charge on any atom is 0.251 e. The standard InChI is InChI=1S/C18H21NOS/c1-14(2)12-19-18(20)16-10-8-15(9-11-16)13-21-17-6-4-3-5-7-17/h3-11,14H,12-13H2,1-2H3,(H,19,20). The van der Waals surface area contributed by atoms with E-state index < -0.39 is 0 Å². The van der Waals surface area contributed by atoms with Crippen molar-refractivity contribution in [3.05, 3.63) is 65.7 Å². The van der Waals surface area contributed by atoms with Crippen LogP contribution in [0.3, 0.4) is 0 Å². The van der Waals surface area contributed by atoms with E-state index in [9.17, 15) is 4.79 Å². The van der Waals surface area contributed by atoms with Gasteiger partial charge in [-0.15, -0.1) is 11.8 Å². The molecule has 2 aromatic rings. The lowest BCUT2D eigenvalue weighted by Gasteiger charge is -2.08.